The normalized spacial score (nSPS) is 35.9. The summed E-state index contributed by atoms with van der Waals surface area (Å²) in [4.78, 5) is 0.0786. The van der Waals surface area contributed by atoms with Crippen LogP contribution in [0.3, 0.4) is 0 Å². The second kappa shape index (κ2) is 5.31. The van der Waals surface area contributed by atoms with E-state index in [1.54, 1.807) is 12.1 Å². The van der Waals surface area contributed by atoms with Crippen molar-refractivity contribution in [3.63, 3.8) is 0 Å². The van der Waals surface area contributed by atoms with Crippen molar-refractivity contribution in [1.29, 1.82) is 0 Å². The Balaban J connectivity index is 1.83. The number of fused-ring (bicyclic) bond motifs is 2. The molecule has 3 rings (SSSR count). The minimum atomic E-state index is -3.84. The summed E-state index contributed by atoms with van der Waals surface area (Å²) in [5.41, 5.74) is 0.937. The van der Waals surface area contributed by atoms with Crippen LogP contribution in [0.5, 0.6) is 0 Å². The SMILES string of the molecule is Cc1ccc(S(=O)(=O)N[C@@H]2[C@@H]3OC[C@H](O3)[C@H](O)[C@@H]2O)cc1. The number of aryl methyl sites for hydroxylation is 1. The lowest BCUT2D eigenvalue weighted by Crippen LogP contribution is -2.60. The molecule has 8 heteroatoms. The minimum Gasteiger partial charge on any atom is -0.388 e. The number of ether oxygens (including phenoxy) is 2. The molecule has 2 heterocycles. The Bertz CT molecular complexity index is 616. The molecule has 1 aromatic rings. The third kappa shape index (κ3) is 2.70. The molecule has 0 radical (unpaired) electrons. The van der Waals surface area contributed by atoms with Crippen molar-refractivity contribution in [2.45, 2.75) is 42.5 Å². The predicted molar refractivity (Wildman–Crippen MR) is 71.9 cm³/mol. The molecule has 116 valence electrons. The van der Waals surface area contributed by atoms with Gasteiger partial charge in [-0.1, -0.05) is 17.7 Å². The summed E-state index contributed by atoms with van der Waals surface area (Å²) in [7, 11) is -3.84. The highest BCUT2D eigenvalue weighted by atomic mass is 32.2. The van der Waals surface area contributed by atoms with Gasteiger partial charge in [0.2, 0.25) is 10.0 Å². The van der Waals surface area contributed by atoms with E-state index in [0.29, 0.717) is 0 Å². The van der Waals surface area contributed by atoms with Gasteiger partial charge in [0, 0.05) is 0 Å². The van der Waals surface area contributed by atoms with Gasteiger partial charge in [-0.05, 0) is 19.1 Å². The monoisotopic (exact) mass is 315 g/mol. The molecule has 0 aromatic heterocycles. The van der Waals surface area contributed by atoms with E-state index in [1.807, 2.05) is 6.92 Å². The van der Waals surface area contributed by atoms with Crippen LogP contribution in [0.25, 0.3) is 0 Å². The van der Waals surface area contributed by atoms with E-state index in [1.165, 1.54) is 12.1 Å². The molecule has 2 fully saturated rings. The molecule has 0 unspecified atom stereocenters. The fourth-order valence-corrected chi connectivity index (χ4v) is 3.73. The van der Waals surface area contributed by atoms with Crippen LogP contribution in [0, 0.1) is 6.92 Å². The fraction of sp³-hybridized carbons (Fsp3) is 0.538. The number of nitrogens with one attached hydrogen (secondary N) is 1. The lowest BCUT2D eigenvalue weighted by Gasteiger charge is -2.35. The molecule has 0 amide bonds. The van der Waals surface area contributed by atoms with E-state index in [0.717, 1.165) is 5.56 Å². The van der Waals surface area contributed by atoms with Gasteiger partial charge in [0.15, 0.2) is 6.29 Å². The van der Waals surface area contributed by atoms with Gasteiger partial charge in [-0.15, -0.1) is 0 Å². The van der Waals surface area contributed by atoms with Crippen LogP contribution in [0.2, 0.25) is 0 Å². The average Bonchev–Trinajstić information content (AvgIpc) is 2.89. The topological polar surface area (TPSA) is 105 Å². The Kier molecular flexibility index (Phi) is 3.76. The minimum absolute atomic E-state index is 0.0786. The highest BCUT2D eigenvalue weighted by Gasteiger charge is 2.50. The van der Waals surface area contributed by atoms with Gasteiger partial charge in [0.05, 0.1) is 11.5 Å². The molecule has 0 saturated carbocycles. The van der Waals surface area contributed by atoms with E-state index in [9.17, 15) is 18.6 Å². The molecule has 2 saturated heterocycles. The van der Waals surface area contributed by atoms with Crippen molar-refractivity contribution < 1.29 is 28.1 Å². The van der Waals surface area contributed by atoms with E-state index >= 15 is 0 Å². The van der Waals surface area contributed by atoms with Crippen molar-refractivity contribution in [2.24, 2.45) is 0 Å². The first-order valence-corrected chi connectivity index (χ1v) is 8.09. The van der Waals surface area contributed by atoms with Crippen LogP contribution < -0.4 is 4.72 Å². The van der Waals surface area contributed by atoms with E-state index in [4.69, 9.17) is 9.47 Å². The van der Waals surface area contributed by atoms with Gasteiger partial charge in [-0.2, -0.15) is 0 Å². The maximum atomic E-state index is 12.3. The Hall–Kier alpha value is -1.03. The summed E-state index contributed by atoms with van der Waals surface area (Å²) in [5.74, 6) is 0. The molecule has 2 bridgehead atoms. The Morgan fingerprint density at radius 2 is 1.86 bits per heavy atom. The maximum absolute atomic E-state index is 12.3. The van der Waals surface area contributed by atoms with Crippen molar-refractivity contribution in [3.05, 3.63) is 29.8 Å². The van der Waals surface area contributed by atoms with E-state index in [-0.39, 0.29) is 11.5 Å². The molecule has 5 atom stereocenters. The fourth-order valence-electron chi connectivity index (χ4n) is 2.49. The third-order valence-electron chi connectivity index (χ3n) is 3.75. The van der Waals surface area contributed by atoms with Crippen molar-refractivity contribution in [2.75, 3.05) is 6.61 Å². The molecule has 0 spiro atoms. The first-order valence-electron chi connectivity index (χ1n) is 6.61. The number of aliphatic hydroxyl groups excluding tert-OH is 2. The van der Waals surface area contributed by atoms with Gasteiger partial charge >= 0.3 is 0 Å². The lowest BCUT2D eigenvalue weighted by molar-refractivity contribution is -0.181. The third-order valence-corrected chi connectivity index (χ3v) is 5.22. The Morgan fingerprint density at radius 3 is 2.52 bits per heavy atom. The largest absolute Gasteiger partial charge is 0.388 e. The molecule has 2 aliphatic rings. The number of sulfonamides is 1. The predicted octanol–water partition coefficient (Wildman–Crippen LogP) is -0.881. The van der Waals surface area contributed by atoms with Crippen molar-refractivity contribution in [1.82, 2.24) is 4.72 Å². The smallest absolute Gasteiger partial charge is 0.241 e. The second-order valence-corrected chi connectivity index (χ2v) is 7.03. The summed E-state index contributed by atoms with van der Waals surface area (Å²) < 4.78 is 37.6. The average molecular weight is 315 g/mol. The molecule has 3 N–H and O–H groups in total. The van der Waals surface area contributed by atoms with Crippen LogP contribution >= 0.6 is 0 Å². The molecule has 21 heavy (non-hydrogen) atoms. The molecule has 0 aliphatic carbocycles. The van der Waals surface area contributed by atoms with Crippen molar-refractivity contribution in [3.8, 4) is 0 Å². The summed E-state index contributed by atoms with van der Waals surface area (Å²) in [6.07, 6.45) is -3.98. The van der Waals surface area contributed by atoms with Crippen LogP contribution in [0.4, 0.5) is 0 Å². The number of aliphatic hydroxyl groups is 2. The Labute approximate surface area is 122 Å². The Morgan fingerprint density at radius 1 is 1.19 bits per heavy atom. The maximum Gasteiger partial charge on any atom is 0.241 e. The second-order valence-electron chi connectivity index (χ2n) is 5.32. The highest BCUT2D eigenvalue weighted by molar-refractivity contribution is 7.89. The van der Waals surface area contributed by atoms with Crippen LogP contribution in [-0.2, 0) is 19.5 Å². The summed E-state index contributed by atoms with van der Waals surface area (Å²) in [6.45, 7) is 1.98. The summed E-state index contributed by atoms with van der Waals surface area (Å²) in [5, 5.41) is 19.9. The highest BCUT2D eigenvalue weighted by Crippen LogP contribution is 2.29. The summed E-state index contributed by atoms with van der Waals surface area (Å²) in [6, 6.07) is 5.26. The standard InChI is InChI=1S/C13H17NO6S/c1-7-2-4-8(5-3-7)21(17,18)14-10-12(16)11(15)9-6-19-13(10)20-9/h2-5,9-16H,6H2,1H3/t9-,10-,11-,12+,13+/m0/s1. The van der Waals surface area contributed by atoms with Gasteiger partial charge in [-0.3, -0.25) is 0 Å². The molecular formula is C13H17NO6S. The molecule has 1 aromatic carbocycles. The number of rotatable bonds is 3. The quantitative estimate of drug-likeness (QED) is 0.669. The number of hydrogen-bond donors (Lipinski definition) is 3. The zero-order chi connectivity index (χ0) is 15.2. The molecular weight excluding hydrogens is 298 g/mol. The van der Waals surface area contributed by atoms with Gasteiger partial charge < -0.3 is 19.7 Å². The number of hydrogen-bond acceptors (Lipinski definition) is 6. The van der Waals surface area contributed by atoms with Gasteiger partial charge in [0.1, 0.15) is 24.4 Å². The lowest BCUT2D eigenvalue weighted by atomic mass is 10.00. The van der Waals surface area contributed by atoms with E-state index in [2.05, 4.69) is 4.72 Å². The number of benzene rings is 1. The zero-order valence-corrected chi connectivity index (χ0v) is 12.2. The van der Waals surface area contributed by atoms with E-state index < -0.39 is 40.7 Å². The first kappa shape index (κ1) is 14.9. The van der Waals surface area contributed by atoms with Crippen LogP contribution in [0.1, 0.15) is 5.56 Å². The molecule has 2 aliphatic heterocycles. The first-order chi connectivity index (χ1) is 9.88. The summed E-state index contributed by atoms with van der Waals surface area (Å²) >= 11 is 0. The van der Waals surface area contributed by atoms with Crippen molar-refractivity contribution >= 4 is 10.0 Å². The van der Waals surface area contributed by atoms with Gasteiger partial charge in [0.25, 0.3) is 0 Å². The van der Waals surface area contributed by atoms with Crippen LogP contribution in [0.15, 0.2) is 29.2 Å². The van der Waals surface area contributed by atoms with Gasteiger partial charge in [-0.25, -0.2) is 13.1 Å². The zero-order valence-electron chi connectivity index (χ0n) is 11.3. The van der Waals surface area contributed by atoms with Crippen LogP contribution in [-0.4, -0.2) is 55.9 Å². The molecule has 7 nitrogen and oxygen atoms in total.